The highest BCUT2D eigenvalue weighted by Crippen LogP contribution is 2.16. The van der Waals surface area contributed by atoms with Gasteiger partial charge in [0.05, 0.1) is 6.04 Å². The number of benzene rings is 1. The van der Waals surface area contributed by atoms with Gasteiger partial charge in [0.15, 0.2) is 0 Å². The number of aryl methyl sites for hydroxylation is 1. The number of nitrogens with zero attached hydrogens (tertiary/aromatic N) is 2. The van der Waals surface area contributed by atoms with E-state index in [-0.39, 0.29) is 24.5 Å². The predicted octanol–water partition coefficient (Wildman–Crippen LogP) is 2.68. The van der Waals surface area contributed by atoms with Gasteiger partial charge >= 0.3 is 12.0 Å². The van der Waals surface area contributed by atoms with Gasteiger partial charge in [0.25, 0.3) is 0 Å². The van der Waals surface area contributed by atoms with Crippen LogP contribution in [0.5, 0.6) is 0 Å². The van der Waals surface area contributed by atoms with E-state index >= 15 is 0 Å². The quantitative estimate of drug-likeness (QED) is 0.670. The van der Waals surface area contributed by atoms with E-state index in [1.165, 1.54) is 11.3 Å². The van der Waals surface area contributed by atoms with E-state index in [0.29, 0.717) is 12.8 Å². The molecule has 2 amide bonds. The number of carboxylic acids is 1. The maximum Gasteiger partial charge on any atom is 0.315 e. The predicted molar refractivity (Wildman–Crippen MR) is 95.5 cm³/mol. The molecule has 0 fully saturated rings. The zero-order chi connectivity index (χ0) is 18.2. The molecule has 2 unspecified atom stereocenters. The van der Waals surface area contributed by atoms with E-state index < -0.39 is 5.97 Å². The molecule has 0 spiro atoms. The van der Waals surface area contributed by atoms with Crippen molar-refractivity contribution in [1.29, 1.82) is 0 Å². The topological polar surface area (TPSA) is 104 Å². The van der Waals surface area contributed by atoms with Crippen molar-refractivity contribution in [3.05, 3.63) is 45.9 Å². The lowest BCUT2D eigenvalue weighted by Crippen LogP contribution is -2.44. The molecule has 0 radical (unpaired) electrons. The van der Waals surface area contributed by atoms with Gasteiger partial charge in [0, 0.05) is 12.5 Å². The average molecular weight is 362 g/mol. The van der Waals surface area contributed by atoms with Crippen molar-refractivity contribution in [3.8, 4) is 0 Å². The third-order valence-electron chi connectivity index (χ3n) is 3.63. The summed E-state index contributed by atoms with van der Waals surface area (Å²) >= 11 is 1.43. The molecule has 2 rings (SSSR count). The number of rotatable bonds is 8. The molecule has 0 bridgehead atoms. The standard InChI is InChI=1S/C17H22N4O3S/c1-11(16-21-20-12(2)25-16)18-17(24)19-14(8-9-15(22)23)10-13-6-4-3-5-7-13/h3-7,11,14H,8-10H2,1-2H3,(H,22,23)(H2,18,19,24). The number of carboxylic acid groups (broad SMARTS) is 1. The summed E-state index contributed by atoms with van der Waals surface area (Å²) < 4.78 is 0. The molecule has 1 aromatic carbocycles. The Kier molecular flexibility index (Phi) is 6.88. The van der Waals surface area contributed by atoms with E-state index in [0.717, 1.165) is 15.6 Å². The minimum absolute atomic E-state index is 0.00291. The second-order valence-corrected chi connectivity index (χ2v) is 7.03. The summed E-state index contributed by atoms with van der Waals surface area (Å²) in [6.07, 6.45) is 0.945. The summed E-state index contributed by atoms with van der Waals surface area (Å²) in [5.74, 6) is -0.877. The lowest BCUT2D eigenvalue weighted by atomic mass is 10.0. The molecule has 2 aromatic rings. The van der Waals surface area contributed by atoms with E-state index in [1.807, 2.05) is 44.2 Å². The molecule has 7 nitrogen and oxygen atoms in total. The van der Waals surface area contributed by atoms with Gasteiger partial charge in [-0.05, 0) is 32.3 Å². The fourth-order valence-corrected chi connectivity index (χ4v) is 3.10. The average Bonchev–Trinajstić information content (AvgIpc) is 3.00. The molecular weight excluding hydrogens is 340 g/mol. The van der Waals surface area contributed by atoms with Crippen molar-refractivity contribution in [2.75, 3.05) is 0 Å². The Morgan fingerprint density at radius 2 is 1.92 bits per heavy atom. The molecule has 8 heteroatoms. The first kappa shape index (κ1) is 18.9. The van der Waals surface area contributed by atoms with E-state index in [1.54, 1.807) is 0 Å². The minimum atomic E-state index is -0.877. The molecule has 0 saturated heterocycles. The summed E-state index contributed by atoms with van der Waals surface area (Å²) in [4.78, 5) is 23.1. The van der Waals surface area contributed by atoms with Gasteiger partial charge in [-0.3, -0.25) is 4.79 Å². The molecular formula is C17H22N4O3S. The van der Waals surface area contributed by atoms with Gasteiger partial charge in [0.2, 0.25) is 0 Å². The van der Waals surface area contributed by atoms with E-state index in [2.05, 4.69) is 20.8 Å². The van der Waals surface area contributed by atoms with Crippen molar-refractivity contribution in [1.82, 2.24) is 20.8 Å². The zero-order valence-corrected chi connectivity index (χ0v) is 15.0. The largest absolute Gasteiger partial charge is 0.481 e. The van der Waals surface area contributed by atoms with Gasteiger partial charge in [-0.15, -0.1) is 10.2 Å². The number of carbonyl (C=O) groups is 2. The van der Waals surface area contributed by atoms with Crippen molar-refractivity contribution in [2.45, 2.75) is 45.2 Å². The Labute approximate surface area is 150 Å². The number of aromatic nitrogens is 2. The fourth-order valence-electron chi connectivity index (χ4n) is 2.39. The first-order valence-corrected chi connectivity index (χ1v) is 8.88. The highest BCUT2D eigenvalue weighted by molar-refractivity contribution is 7.11. The SMILES string of the molecule is Cc1nnc(C(C)NC(=O)NC(CCC(=O)O)Cc2ccccc2)s1. The van der Waals surface area contributed by atoms with Gasteiger partial charge in [-0.1, -0.05) is 41.7 Å². The summed E-state index contributed by atoms with van der Waals surface area (Å²) in [6.45, 7) is 3.69. The van der Waals surface area contributed by atoms with Crippen LogP contribution in [0.3, 0.4) is 0 Å². The van der Waals surface area contributed by atoms with Crippen LogP contribution in [0.1, 0.15) is 41.4 Å². The molecule has 2 atom stereocenters. The maximum absolute atomic E-state index is 12.3. The number of amides is 2. The third kappa shape index (κ3) is 6.50. The van der Waals surface area contributed by atoms with Crippen LogP contribution in [0.2, 0.25) is 0 Å². The van der Waals surface area contributed by atoms with Crippen LogP contribution < -0.4 is 10.6 Å². The van der Waals surface area contributed by atoms with Crippen molar-refractivity contribution >= 4 is 23.3 Å². The van der Waals surface area contributed by atoms with Crippen LogP contribution in [0.15, 0.2) is 30.3 Å². The lowest BCUT2D eigenvalue weighted by Gasteiger charge is -2.20. The minimum Gasteiger partial charge on any atom is -0.481 e. The summed E-state index contributed by atoms with van der Waals surface area (Å²) in [6, 6.07) is 8.81. The van der Waals surface area contributed by atoms with Gasteiger partial charge in [-0.25, -0.2) is 4.79 Å². The number of aliphatic carboxylic acids is 1. The number of nitrogens with one attached hydrogen (secondary N) is 2. The number of carbonyl (C=O) groups excluding carboxylic acids is 1. The summed E-state index contributed by atoms with van der Waals surface area (Å²) in [5.41, 5.74) is 1.05. The fraction of sp³-hybridized carbons (Fsp3) is 0.412. The van der Waals surface area contributed by atoms with E-state index in [9.17, 15) is 9.59 Å². The number of hydrogen-bond acceptors (Lipinski definition) is 5. The Bertz CT molecular complexity index is 705. The van der Waals surface area contributed by atoms with Crippen LogP contribution in [-0.4, -0.2) is 33.3 Å². The van der Waals surface area contributed by atoms with Crippen molar-refractivity contribution in [3.63, 3.8) is 0 Å². The van der Waals surface area contributed by atoms with Crippen LogP contribution in [0.4, 0.5) is 4.79 Å². The van der Waals surface area contributed by atoms with E-state index in [4.69, 9.17) is 5.11 Å². The van der Waals surface area contributed by atoms with Crippen LogP contribution in [-0.2, 0) is 11.2 Å². The number of urea groups is 1. The smallest absolute Gasteiger partial charge is 0.315 e. The first-order chi connectivity index (χ1) is 11.9. The molecule has 1 aromatic heterocycles. The molecule has 1 heterocycles. The lowest BCUT2D eigenvalue weighted by molar-refractivity contribution is -0.137. The normalized spacial score (nSPS) is 13.0. The Hall–Kier alpha value is -2.48. The van der Waals surface area contributed by atoms with Gasteiger partial charge in [-0.2, -0.15) is 0 Å². The Morgan fingerprint density at radius 3 is 2.52 bits per heavy atom. The number of hydrogen-bond donors (Lipinski definition) is 3. The Balaban J connectivity index is 1.94. The van der Waals surface area contributed by atoms with Crippen molar-refractivity contribution in [2.24, 2.45) is 0 Å². The van der Waals surface area contributed by atoms with Crippen LogP contribution >= 0.6 is 11.3 Å². The molecule has 0 aliphatic rings. The Morgan fingerprint density at radius 1 is 1.20 bits per heavy atom. The highest BCUT2D eigenvalue weighted by Gasteiger charge is 2.18. The zero-order valence-electron chi connectivity index (χ0n) is 14.2. The summed E-state index contributed by atoms with van der Waals surface area (Å²) in [5, 5.41) is 24.2. The third-order valence-corrected chi connectivity index (χ3v) is 4.65. The molecule has 134 valence electrons. The van der Waals surface area contributed by atoms with Crippen LogP contribution in [0.25, 0.3) is 0 Å². The van der Waals surface area contributed by atoms with Gasteiger partial charge < -0.3 is 15.7 Å². The monoisotopic (exact) mass is 362 g/mol. The maximum atomic E-state index is 12.3. The van der Waals surface area contributed by atoms with Gasteiger partial charge in [0.1, 0.15) is 10.0 Å². The van der Waals surface area contributed by atoms with Crippen molar-refractivity contribution < 1.29 is 14.7 Å². The molecule has 0 saturated carbocycles. The first-order valence-electron chi connectivity index (χ1n) is 8.06. The van der Waals surface area contributed by atoms with Crippen LogP contribution in [0, 0.1) is 6.92 Å². The molecule has 25 heavy (non-hydrogen) atoms. The second-order valence-electron chi connectivity index (χ2n) is 5.82. The molecule has 0 aliphatic carbocycles. The molecule has 0 aliphatic heterocycles. The second kappa shape index (κ2) is 9.12. The summed E-state index contributed by atoms with van der Waals surface area (Å²) in [7, 11) is 0. The molecule has 3 N–H and O–H groups in total. The highest BCUT2D eigenvalue weighted by atomic mass is 32.1.